The summed E-state index contributed by atoms with van der Waals surface area (Å²) in [5.74, 6) is -0.194. The van der Waals surface area contributed by atoms with Crippen molar-refractivity contribution in [3.05, 3.63) is 34.1 Å². The van der Waals surface area contributed by atoms with Crippen molar-refractivity contribution < 1.29 is 14.3 Å². The predicted octanol–water partition coefficient (Wildman–Crippen LogP) is 0.905. The Morgan fingerprint density at radius 1 is 1.33 bits per heavy atom. The molecule has 1 aromatic heterocycles. The van der Waals surface area contributed by atoms with Crippen molar-refractivity contribution in [1.29, 1.82) is 0 Å². The van der Waals surface area contributed by atoms with E-state index >= 15 is 0 Å². The van der Waals surface area contributed by atoms with E-state index in [1.165, 1.54) is 14.2 Å². The van der Waals surface area contributed by atoms with E-state index in [4.69, 9.17) is 10.5 Å². The third-order valence-corrected chi connectivity index (χ3v) is 2.61. The van der Waals surface area contributed by atoms with Crippen LogP contribution in [0.2, 0.25) is 0 Å². The summed E-state index contributed by atoms with van der Waals surface area (Å²) in [4.78, 5) is 26.2. The molecular formula is C12H12N2O4. The van der Waals surface area contributed by atoms with Crippen molar-refractivity contribution in [2.75, 3.05) is 20.0 Å². The maximum Gasteiger partial charge on any atom is 0.354 e. The summed E-state index contributed by atoms with van der Waals surface area (Å²) in [7, 11) is 2.70. The van der Waals surface area contributed by atoms with Gasteiger partial charge in [-0.1, -0.05) is 0 Å². The third kappa shape index (κ3) is 1.77. The number of hydrogen-bond acceptors (Lipinski definition) is 5. The summed E-state index contributed by atoms with van der Waals surface area (Å²) in [6.07, 6.45) is 0. The number of methoxy groups -OCH3 is 2. The van der Waals surface area contributed by atoms with Crippen LogP contribution in [0.3, 0.4) is 0 Å². The number of carbonyl (C=O) groups excluding carboxylic acids is 1. The molecule has 3 N–H and O–H groups in total. The first-order valence-corrected chi connectivity index (χ1v) is 5.16. The lowest BCUT2D eigenvalue weighted by molar-refractivity contribution is 0.0594. The monoisotopic (exact) mass is 248 g/mol. The van der Waals surface area contributed by atoms with Crippen molar-refractivity contribution >= 4 is 22.6 Å². The number of ether oxygens (including phenoxy) is 2. The van der Waals surface area contributed by atoms with E-state index in [1.807, 2.05) is 0 Å². The first-order chi connectivity index (χ1) is 8.58. The van der Waals surface area contributed by atoms with Crippen LogP contribution in [0.1, 0.15) is 10.5 Å². The molecule has 0 saturated carbocycles. The minimum Gasteiger partial charge on any atom is -0.495 e. The molecule has 0 saturated heterocycles. The van der Waals surface area contributed by atoms with Crippen LogP contribution in [0.15, 0.2) is 23.0 Å². The first-order valence-electron chi connectivity index (χ1n) is 5.16. The van der Waals surface area contributed by atoms with Crippen LogP contribution in [-0.2, 0) is 4.74 Å². The van der Waals surface area contributed by atoms with E-state index in [9.17, 15) is 9.59 Å². The smallest absolute Gasteiger partial charge is 0.354 e. The van der Waals surface area contributed by atoms with E-state index in [0.29, 0.717) is 22.3 Å². The third-order valence-electron chi connectivity index (χ3n) is 2.61. The molecule has 0 aliphatic carbocycles. The molecule has 0 spiro atoms. The number of rotatable bonds is 2. The molecule has 0 atom stereocenters. The molecule has 6 nitrogen and oxygen atoms in total. The van der Waals surface area contributed by atoms with Gasteiger partial charge in [0.2, 0.25) is 0 Å². The molecule has 94 valence electrons. The SMILES string of the molecule is COC(=O)c1cc(=O)c2c(N)ccc(OC)c2[nH]1. The zero-order valence-corrected chi connectivity index (χ0v) is 9.94. The van der Waals surface area contributed by atoms with E-state index in [2.05, 4.69) is 9.72 Å². The van der Waals surface area contributed by atoms with Gasteiger partial charge in [0.15, 0.2) is 5.43 Å². The summed E-state index contributed by atoms with van der Waals surface area (Å²) in [5.41, 5.74) is 6.14. The highest BCUT2D eigenvalue weighted by atomic mass is 16.5. The number of nitrogen functional groups attached to an aromatic ring is 1. The molecule has 1 heterocycles. The summed E-state index contributed by atoms with van der Waals surface area (Å²) in [6.45, 7) is 0. The van der Waals surface area contributed by atoms with Gasteiger partial charge in [0.25, 0.3) is 0 Å². The number of benzene rings is 1. The highest BCUT2D eigenvalue weighted by molar-refractivity contribution is 5.97. The highest BCUT2D eigenvalue weighted by Crippen LogP contribution is 2.26. The lowest BCUT2D eigenvalue weighted by Gasteiger charge is -2.08. The minimum atomic E-state index is -0.626. The van der Waals surface area contributed by atoms with Crippen LogP contribution < -0.4 is 15.9 Å². The van der Waals surface area contributed by atoms with Crippen molar-refractivity contribution in [2.45, 2.75) is 0 Å². The second-order valence-corrected chi connectivity index (χ2v) is 3.65. The number of esters is 1. The molecule has 0 bridgehead atoms. The Morgan fingerprint density at radius 2 is 2.06 bits per heavy atom. The Balaban J connectivity index is 2.86. The molecule has 2 aromatic rings. The average Bonchev–Trinajstić information content (AvgIpc) is 2.37. The van der Waals surface area contributed by atoms with Gasteiger partial charge in [-0.05, 0) is 12.1 Å². The summed E-state index contributed by atoms with van der Waals surface area (Å²) in [5, 5.41) is 0.294. The average molecular weight is 248 g/mol. The van der Waals surface area contributed by atoms with Crippen molar-refractivity contribution in [3.63, 3.8) is 0 Å². The number of nitrogens with one attached hydrogen (secondary N) is 1. The minimum absolute atomic E-state index is 0.0545. The lowest BCUT2D eigenvalue weighted by atomic mass is 10.1. The molecule has 0 aliphatic heterocycles. The number of carbonyl (C=O) groups is 1. The van der Waals surface area contributed by atoms with Crippen LogP contribution in [0.4, 0.5) is 5.69 Å². The molecule has 6 heteroatoms. The van der Waals surface area contributed by atoms with Gasteiger partial charge in [0.1, 0.15) is 11.4 Å². The normalized spacial score (nSPS) is 10.3. The van der Waals surface area contributed by atoms with Gasteiger partial charge in [-0.2, -0.15) is 0 Å². The van der Waals surface area contributed by atoms with E-state index in [-0.39, 0.29) is 11.1 Å². The Bertz CT molecular complexity index is 676. The maximum absolute atomic E-state index is 11.9. The number of anilines is 1. The van der Waals surface area contributed by atoms with Gasteiger partial charge < -0.3 is 20.2 Å². The Hall–Kier alpha value is -2.50. The van der Waals surface area contributed by atoms with Gasteiger partial charge in [-0.15, -0.1) is 0 Å². The molecule has 1 aromatic carbocycles. The first kappa shape index (κ1) is 12.0. The van der Waals surface area contributed by atoms with E-state index in [1.54, 1.807) is 12.1 Å². The fraction of sp³-hybridized carbons (Fsp3) is 0.167. The van der Waals surface area contributed by atoms with Gasteiger partial charge in [0.05, 0.1) is 25.1 Å². The molecular weight excluding hydrogens is 236 g/mol. The van der Waals surface area contributed by atoms with Crippen LogP contribution in [0.25, 0.3) is 10.9 Å². The predicted molar refractivity (Wildman–Crippen MR) is 66.9 cm³/mol. The zero-order chi connectivity index (χ0) is 13.3. The number of pyridine rings is 1. The van der Waals surface area contributed by atoms with E-state index in [0.717, 1.165) is 6.07 Å². The molecule has 0 aliphatic rings. The number of hydrogen-bond donors (Lipinski definition) is 2. The number of aromatic nitrogens is 1. The van der Waals surface area contributed by atoms with Crippen molar-refractivity contribution in [2.24, 2.45) is 0 Å². The Labute approximate surface area is 102 Å². The fourth-order valence-corrected chi connectivity index (χ4v) is 1.75. The Morgan fingerprint density at radius 3 is 2.67 bits per heavy atom. The molecule has 2 rings (SSSR count). The van der Waals surface area contributed by atoms with Gasteiger partial charge in [0, 0.05) is 11.8 Å². The molecule has 0 amide bonds. The number of nitrogens with two attached hydrogens (primary N) is 1. The van der Waals surface area contributed by atoms with Gasteiger partial charge in [-0.3, -0.25) is 4.79 Å². The zero-order valence-electron chi connectivity index (χ0n) is 9.94. The summed E-state index contributed by atoms with van der Waals surface area (Å²) >= 11 is 0. The summed E-state index contributed by atoms with van der Waals surface area (Å²) < 4.78 is 9.69. The van der Waals surface area contributed by atoms with Crippen LogP contribution in [0, 0.1) is 0 Å². The highest BCUT2D eigenvalue weighted by Gasteiger charge is 2.14. The number of H-pyrrole nitrogens is 1. The van der Waals surface area contributed by atoms with Crippen LogP contribution >= 0.6 is 0 Å². The second kappa shape index (κ2) is 4.40. The fourth-order valence-electron chi connectivity index (χ4n) is 1.75. The molecule has 0 radical (unpaired) electrons. The van der Waals surface area contributed by atoms with Crippen molar-refractivity contribution in [3.8, 4) is 5.75 Å². The molecule has 0 unspecified atom stereocenters. The Kier molecular flexibility index (Phi) is 2.93. The lowest BCUT2D eigenvalue weighted by Crippen LogP contribution is -2.13. The quantitative estimate of drug-likeness (QED) is 0.608. The van der Waals surface area contributed by atoms with Gasteiger partial charge in [-0.25, -0.2) is 4.79 Å². The second-order valence-electron chi connectivity index (χ2n) is 3.65. The van der Waals surface area contributed by atoms with E-state index < -0.39 is 5.97 Å². The van der Waals surface area contributed by atoms with Crippen LogP contribution in [0.5, 0.6) is 5.75 Å². The summed E-state index contributed by atoms with van der Waals surface area (Å²) in [6, 6.07) is 4.35. The molecule has 18 heavy (non-hydrogen) atoms. The van der Waals surface area contributed by atoms with Crippen molar-refractivity contribution in [1.82, 2.24) is 4.98 Å². The number of aromatic amines is 1. The number of fused-ring (bicyclic) bond motifs is 1. The maximum atomic E-state index is 11.9. The molecule has 0 fully saturated rings. The largest absolute Gasteiger partial charge is 0.495 e. The van der Waals surface area contributed by atoms with Gasteiger partial charge >= 0.3 is 5.97 Å². The van der Waals surface area contributed by atoms with Crippen LogP contribution in [-0.4, -0.2) is 25.2 Å². The topological polar surface area (TPSA) is 94.4 Å². The standard InChI is InChI=1S/C12H12N2O4/c1-17-9-4-3-6(13)10-8(15)5-7(12(16)18-2)14-11(9)10/h3-5H,13H2,1-2H3,(H,14,15).